The van der Waals surface area contributed by atoms with Crippen LogP contribution in [0.4, 0.5) is 0 Å². The minimum absolute atomic E-state index is 0. The van der Waals surface area contributed by atoms with E-state index in [0.29, 0.717) is 0 Å². The Kier molecular flexibility index (Phi) is 11.7. The van der Waals surface area contributed by atoms with Crippen molar-refractivity contribution in [1.82, 2.24) is 4.90 Å². The lowest BCUT2D eigenvalue weighted by Gasteiger charge is -2.27. The van der Waals surface area contributed by atoms with Gasteiger partial charge in [0.15, 0.2) is 0 Å². The summed E-state index contributed by atoms with van der Waals surface area (Å²) in [5, 5.41) is 18.2. The molecule has 138 valence electrons. The molecule has 2 atom stereocenters. The number of carboxylic acid groups (broad SMARTS) is 1. The zero-order valence-corrected chi connectivity index (χ0v) is 15.8. The normalized spacial score (nSPS) is 17.8. The number of benzene rings is 1. The predicted octanol–water partition coefficient (Wildman–Crippen LogP) is 3.79. The number of likely N-dealkylation sites (tertiary alicyclic amines) is 1. The van der Waals surface area contributed by atoms with Crippen molar-refractivity contribution in [3.05, 3.63) is 35.9 Å². The van der Waals surface area contributed by atoms with Gasteiger partial charge in [0.05, 0.1) is 12.0 Å². The fourth-order valence-corrected chi connectivity index (χ4v) is 2.85. The molecule has 1 saturated heterocycles. The Morgan fingerprint density at radius 1 is 1.21 bits per heavy atom. The van der Waals surface area contributed by atoms with Gasteiger partial charge in [-0.05, 0) is 30.9 Å². The van der Waals surface area contributed by atoms with Crippen molar-refractivity contribution in [2.75, 3.05) is 19.6 Å². The molecule has 24 heavy (non-hydrogen) atoms. The highest BCUT2D eigenvalue weighted by atomic mass is 35.5. The van der Waals surface area contributed by atoms with Gasteiger partial charge < -0.3 is 15.1 Å². The zero-order valence-electron chi connectivity index (χ0n) is 15.0. The van der Waals surface area contributed by atoms with E-state index in [1.165, 1.54) is 0 Å². The summed E-state index contributed by atoms with van der Waals surface area (Å²) in [6.45, 7) is 9.45. The molecule has 0 spiro atoms. The average molecular weight is 358 g/mol. The van der Waals surface area contributed by atoms with Crippen LogP contribution in [0.3, 0.4) is 0 Å². The first-order valence-electron chi connectivity index (χ1n) is 8.67. The topological polar surface area (TPSA) is 60.8 Å². The van der Waals surface area contributed by atoms with Gasteiger partial charge >= 0.3 is 5.97 Å². The summed E-state index contributed by atoms with van der Waals surface area (Å²) in [4.78, 5) is 13.5. The standard InChI is InChI=1S/C12H16O2.C7H15NO.ClH/c1-3-9(2)11(12(13)14)10-7-5-4-6-8-10;1-2-8-5-3-7(9)4-6-8;/h4-9,11H,3H2,1-2H3,(H,13,14);7,9H,2-6H2,1H3;1H. The summed E-state index contributed by atoms with van der Waals surface area (Å²) in [5.41, 5.74) is 0.898. The van der Waals surface area contributed by atoms with Crippen LogP contribution >= 0.6 is 12.4 Å². The molecule has 0 bridgehead atoms. The third-order valence-electron chi connectivity index (χ3n) is 4.64. The highest BCUT2D eigenvalue weighted by Crippen LogP contribution is 2.26. The van der Waals surface area contributed by atoms with Crippen LogP contribution in [0.2, 0.25) is 0 Å². The average Bonchev–Trinajstić information content (AvgIpc) is 2.57. The number of halogens is 1. The van der Waals surface area contributed by atoms with E-state index in [9.17, 15) is 4.79 Å². The van der Waals surface area contributed by atoms with Crippen LogP contribution < -0.4 is 0 Å². The van der Waals surface area contributed by atoms with Crippen LogP contribution in [-0.4, -0.2) is 46.8 Å². The molecular formula is C19H32ClNO3. The molecule has 2 N–H and O–H groups in total. The van der Waals surface area contributed by atoms with Crippen molar-refractivity contribution >= 4 is 18.4 Å². The molecule has 1 aliphatic heterocycles. The number of aliphatic hydroxyl groups is 1. The smallest absolute Gasteiger partial charge is 0.311 e. The maximum Gasteiger partial charge on any atom is 0.311 e. The molecule has 0 radical (unpaired) electrons. The van der Waals surface area contributed by atoms with Gasteiger partial charge in [-0.15, -0.1) is 12.4 Å². The number of aliphatic carboxylic acids is 1. The van der Waals surface area contributed by atoms with Crippen LogP contribution in [0.25, 0.3) is 0 Å². The molecule has 0 aromatic heterocycles. The summed E-state index contributed by atoms with van der Waals surface area (Å²) in [7, 11) is 0. The van der Waals surface area contributed by atoms with E-state index in [1.807, 2.05) is 44.2 Å². The summed E-state index contributed by atoms with van der Waals surface area (Å²) >= 11 is 0. The molecule has 5 heteroatoms. The molecule has 2 rings (SSSR count). The maximum absolute atomic E-state index is 11.1. The van der Waals surface area contributed by atoms with Gasteiger partial charge in [0.25, 0.3) is 0 Å². The van der Waals surface area contributed by atoms with Gasteiger partial charge in [0, 0.05) is 13.1 Å². The lowest BCUT2D eigenvalue weighted by molar-refractivity contribution is -0.140. The van der Waals surface area contributed by atoms with Crippen LogP contribution in [0.5, 0.6) is 0 Å². The van der Waals surface area contributed by atoms with Crippen LogP contribution in [-0.2, 0) is 4.79 Å². The summed E-state index contributed by atoms with van der Waals surface area (Å²) in [6, 6.07) is 9.43. The highest BCUT2D eigenvalue weighted by molar-refractivity contribution is 5.85. The Bertz CT molecular complexity index is 447. The van der Waals surface area contributed by atoms with E-state index in [4.69, 9.17) is 10.2 Å². The quantitative estimate of drug-likeness (QED) is 0.841. The monoisotopic (exact) mass is 357 g/mol. The second-order valence-electron chi connectivity index (χ2n) is 6.28. The van der Waals surface area contributed by atoms with Gasteiger partial charge in [0.2, 0.25) is 0 Å². The van der Waals surface area contributed by atoms with E-state index in [2.05, 4.69) is 11.8 Å². The molecule has 1 fully saturated rings. The predicted molar refractivity (Wildman–Crippen MR) is 101 cm³/mol. The molecular weight excluding hydrogens is 326 g/mol. The first-order valence-corrected chi connectivity index (χ1v) is 8.67. The van der Waals surface area contributed by atoms with Crippen molar-refractivity contribution in [2.45, 2.75) is 52.1 Å². The summed E-state index contributed by atoms with van der Waals surface area (Å²) < 4.78 is 0. The minimum Gasteiger partial charge on any atom is -0.481 e. The molecule has 1 aromatic carbocycles. The second kappa shape index (κ2) is 12.3. The van der Waals surface area contributed by atoms with Gasteiger partial charge in [-0.25, -0.2) is 0 Å². The van der Waals surface area contributed by atoms with Crippen LogP contribution in [0.1, 0.15) is 51.5 Å². The lowest BCUT2D eigenvalue weighted by atomic mass is 9.86. The molecule has 1 aromatic rings. The molecule has 0 saturated carbocycles. The number of nitrogens with zero attached hydrogens (tertiary/aromatic N) is 1. The Balaban J connectivity index is 0.000000460. The van der Waals surface area contributed by atoms with E-state index in [0.717, 1.165) is 44.5 Å². The third kappa shape index (κ3) is 7.65. The molecule has 1 aliphatic rings. The molecule has 2 unspecified atom stereocenters. The fraction of sp³-hybridized carbons (Fsp3) is 0.632. The molecule has 0 amide bonds. The third-order valence-corrected chi connectivity index (χ3v) is 4.64. The largest absolute Gasteiger partial charge is 0.481 e. The Labute approximate surface area is 152 Å². The number of carbonyl (C=O) groups is 1. The Morgan fingerprint density at radius 3 is 2.17 bits per heavy atom. The SMILES string of the molecule is CCC(C)C(C(=O)O)c1ccccc1.CCN1CCC(O)CC1.Cl. The molecule has 1 heterocycles. The number of carboxylic acids is 1. The minimum atomic E-state index is -0.731. The van der Waals surface area contributed by atoms with Crippen molar-refractivity contribution < 1.29 is 15.0 Å². The van der Waals surface area contributed by atoms with E-state index < -0.39 is 5.97 Å². The van der Waals surface area contributed by atoms with Crippen LogP contribution in [0.15, 0.2) is 30.3 Å². The first-order chi connectivity index (χ1) is 11.0. The number of piperidine rings is 1. The second-order valence-corrected chi connectivity index (χ2v) is 6.28. The number of hydrogen-bond acceptors (Lipinski definition) is 3. The molecule has 4 nitrogen and oxygen atoms in total. The van der Waals surface area contributed by atoms with Crippen LogP contribution in [0, 0.1) is 5.92 Å². The van der Waals surface area contributed by atoms with Gasteiger partial charge in [-0.2, -0.15) is 0 Å². The Morgan fingerprint density at radius 2 is 1.75 bits per heavy atom. The lowest BCUT2D eigenvalue weighted by Crippen LogP contribution is -2.35. The van der Waals surface area contributed by atoms with E-state index in [-0.39, 0.29) is 30.3 Å². The van der Waals surface area contributed by atoms with E-state index in [1.54, 1.807) is 0 Å². The van der Waals surface area contributed by atoms with Crippen molar-refractivity contribution in [1.29, 1.82) is 0 Å². The fourth-order valence-electron chi connectivity index (χ4n) is 2.85. The van der Waals surface area contributed by atoms with Crippen molar-refractivity contribution in [2.24, 2.45) is 5.92 Å². The maximum atomic E-state index is 11.1. The Hall–Kier alpha value is -1.10. The number of aliphatic hydroxyl groups excluding tert-OH is 1. The van der Waals surface area contributed by atoms with Gasteiger partial charge in [-0.3, -0.25) is 4.79 Å². The van der Waals surface area contributed by atoms with Crippen molar-refractivity contribution in [3.63, 3.8) is 0 Å². The van der Waals surface area contributed by atoms with E-state index >= 15 is 0 Å². The molecule has 0 aliphatic carbocycles. The van der Waals surface area contributed by atoms with Gasteiger partial charge in [-0.1, -0.05) is 57.5 Å². The summed E-state index contributed by atoms with van der Waals surface area (Å²) in [6.07, 6.45) is 2.79. The van der Waals surface area contributed by atoms with Gasteiger partial charge in [0.1, 0.15) is 0 Å². The van der Waals surface area contributed by atoms with Crippen molar-refractivity contribution in [3.8, 4) is 0 Å². The first kappa shape index (κ1) is 22.9. The number of hydrogen-bond donors (Lipinski definition) is 2. The number of rotatable bonds is 5. The zero-order chi connectivity index (χ0) is 17.2. The summed E-state index contributed by atoms with van der Waals surface area (Å²) in [5.74, 6) is -0.929. The highest BCUT2D eigenvalue weighted by Gasteiger charge is 2.24.